The monoisotopic (exact) mass is 344 g/mol. The summed E-state index contributed by atoms with van der Waals surface area (Å²) in [6.07, 6.45) is 0.723. The number of carbonyl (C=O) groups is 1. The summed E-state index contributed by atoms with van der Waals surface area (Å²) in [5.41, 5.74) is 2.84. The lowest BCUT2D eigenvalue weighted by atomic mass is 10.0. The van der Waals surface area contributed by atoms with E-state index < -0.39 is 0 Å². The maximum atomic E-state index is 12.3. The SMILES string of the molecule is CCOc1ccc2c(c1)[C@H](NC(=O)NCc1cc(C)nn1C)CCO2. The van der Waals surface area contributed by atoms with Gasteiger partial charge in [0.2, 0.25) is 0 Å². The van der Waals surface area contributed by atoms with Gasteiger partial charge in [0.25, 0.3) is 0 Å². The Bertz CT molecular complexity index is 757. The summed E-state index contributed by atoms with van der Waals surface area (Å²) in [6.45, 7) is 5.48. The highest BCUT2D eigenvalue weighted by Gasteiger charge is 2.23. The summed E-state index contributed by atoms with van der Waals surface area (Å²) in [6, 6.07) is 7.36. The molecule has 0 radical (unpaired) electrons. The van der Waals surface area contributed by atoms with E-state index in [4.69, 9.17) is 9.47 Å². The van der Waals surface area contributed by atoms with Crippen LogP contribution in [0.15, 0.2) is 24.3 Å². The highest BCUT2D eigenvalue weighted by atomic mass is 16.5. The maximum absolute atomic E-state index is 12.3. The predicted octanol–water partition coefficient (Wildman–Crippen LogP) is 2.45. The zero-order chi connectivity index (χ0) is 17.8. The third-order valence-corrected chi connectivity index (χ3v) is 4.17. The Balaban J connectivity index is 1.64. The molecule has 134 valence electrons. The van der Waals surface area contributed by atoms with Crippen molar-refractivity contribution in [1.29, 1.82) is 0 Å². The first-order valence-electron chi connectivity index (χ1n) is 8.50. The zero-order valence-corrected chi connectivity index (χ0v) is 14.8. The lowest BCUT2D eigenvalue weighted by molar-refractivity contribution is 0.222. The van der Waals surface area contributed by atoms with Gasteiger partial charge in [-0.15, -0.1) is 0 Å². The van der Waals surface area contributed by atoms with Crippen LogP contribution in [-0.4, -0.2) is 29.0 Å². The van der Waals surface area contributed by atoms with Crippen molar-refractivity contribution in [3.8, 4) is 11.5 Å². The summed E-state index contributed by atoms with van der Waals surface area (Å²) in [5.74, 6) is 1.58. The van der Waals surface area contributed by atoms with Crippen LogP contribution in [0.4, 0.5) is 4.79 Å². The van der Waals surface area contributed by atoms with E-state index in [1.807, 2.05) is 45.2 Å². The summed E-state index contributed by atoms with van der Waals surface area (Å²) in [4.78, 5) is 12.3. The molecule has 1 aromatic heterocycles. The predicted molar refractivity (Wildman–Crippen MR) is 93.8 cm³/mol. The van der Waals surface area contributed by atoms with Gasteiger partial charge in [-0.3, -0.25) is 4.68 Å². The van der Waals surface area contributed by atoms with Crippen LogP contribution in [0.2, 0.25) is 0 Å². The molecule has 1 aromatic carbocycles. The standard InChI is InChI=1S/C18H24N4O3/c1-4-24-14-5-6-17-15(10-14)16(7-8-25-17)20-18(23)19-11-13-9-12(2)21-22(13)3/h5-6,9-10,16H,4,7-8,11H2,1-3H3,(H2,19,20,23)/t16-/m1/s1. The number of fused-ring (bicyclic) bond motifs is 1. The van der Waals surface area contributed by atoms with Crippen LogP contribution in [0.5, 0.6) is 11.5 Å². The van der Waals surface area contributed by atoms with Crippen molar-refractivity contribution in [2.45, 2.75) is 32.9 Å². The number of aryl methyl sites for hydroxylation is 2. The number of carbonyl (C=O) groups excluding carboxylic acids is 1. The van der Waals surface area contributed by atoms with Crippen molar-refractivity contribution >= 4 is 6.03 Å². The molecule has 2 N–H and O–H groups in total. The topological polar surface area (TPSA) is 77.4 Å². The zero-order valence-electron chi connectivity index (χ0n) is 14.8. The number of nitrogens with one attached hydrogen (secondary N) is 2. The molecule has 3 rings (SSSR count). The average molecular weight is 344 g/mol. The molecule has 1 aliphatic heterocycles. The molecule has 25 heavy (non-hydrogen) atoms. The smallest absolute Gasteiger partial charge is 0.315 e. The van der Waals surface area contributed by atoms with Gasteiger partial charge in [0.05, 0.1) is 37.2 Å². The minimum absolute atomic E-state index is 0.0996. The molecule has 0 bridgehead atoms. The number of benzene rings is 1. The molecule has 0 unspecified atom stereocenters. The number of nitrogens with zero attached hydrogens (tertiary/aromatic N) is 2. The normalized spacial score (nSPS) is 15.9. The third kappa shape index (κ3) is 4.04. The fourth-order valence-electron chi connectivity index (χ4n) is 2.99. The van der Waals surface area contributed by atoms with Crippen LogP contribution >= 0.6 is 0 Å². The first-order valence-corrected chi connectivity index (χ1v) is 8.50. The number of hydrogen-bond donors (Lipinski definition) is 2. The van der Waals surface area contributed by atoms with Gasteiger partial charge in [0.1, 0.15) is 11.5 Å². The van der Waals surface area contributed by atoms with Crippen LogP contribution in [0.1, 0.15) is 36.3 Å². The molecular formula is C18H24N4O3. The fourth-order valence-corrected chi connectivity index (χ4v) is 2.99. The van der Waals surface area contributed by atoms with Gasteiger partial charge >= 0.3 is 6.03 Å². The van der Waals surface area contributed by atoms with E-state index in [0.29, 0.717) is 19.8 Å². The molecule has 2 aromatic rings. The van der Waals surface area contributed by atoms with Crippen molar-refractivity contribution in [3.63, 3.8) is 0 Å². The lowest BCUT2D eigenvalue weighted by Gasteiger charge is -2.27. The minimum Gasteiger partial charge on any atom is -0.494 e. The lowest BCUT2D eigenvalue weighted by Crippen LogP contribution is -2.39. The van der Waals surface area contributed by atoms with Crippen LogP contribution in [0.3, 0.4) is 0 Å². The number of rotatable bonds is 5. The molecule has 2 amide bonds. The van der Waals surface area contributed by atoms with E-state index in [1.165, 1.54) is 0 Å². The van der Waals surface area contributed by atoms with E-state index in [2.05, 4.69) is 15.7 Å². The Kier molecular flexibility index (Phi) is 5.11. The quantitative estimate of drug-likeness (QED) is 0.873. The van der Waals surface area contributed by atoms with Crippen molar-refractivity contribution in [3.05, 3.63) is 41.2 Å². The highest BCUT2D eigenvalue weighted by molar-refractivity contribution is 5.74. The van der Waals surface area contributed by atoms with Crippen molar-refractivity contribution in [2.75, 3.05) is 13.2 Å². The number of urea groups is 1. The molecule has 0 saturated heterocycles. The Labute approximate surface area is 147 Å². The van der Waals surface area contributed by atoms with Crippen LogP contribution in [-0.2, 0) is 13.6 Å². The number of amides is 2. The average Bonchev–Trinajstić information content (AvgIpc) is 2.91. The second-order valence-corrected chi connectivity index (χ2v) is 6.05. The summed E-state index contributed by atoms with van der Waals surface area (Å²) in [7, 11) is 1.87. The van der Waals surface area contributed by atoms with E-state index in [9.17, 15) is 4.79 Å². The Morgan fingerprint density at radius 1 is 1.44 bits per heavy atom. The fraction of sp³-hybridized carbons (Fsp3) is 0.444. The third-order valence-electron chi connectivity index (χ3n) is 4.17. The summed E-state index contributed by atoms with van der Waals surface area (Å²) >= 11 is 0. The van der Waals surface area contributed by atoms with E-state index >= 15 is 0 Å². The van der Waals surface area contributed by atoms with Crippen molar-refractivity contribution in [1.82, 2.24) is 20.4 Å². The van der Waals surface area contributed by atoms with Gasteiger partial charge < -0.3 is 20.1 Å². The van der Waals surface area contributed by atoms with Gasteiger partial charge in [-0.25, -0.2) is 4.79 Å². The summed E-state index contributed by atoms with van der Waals surface area (Å²) < 4.78 is 13.0. The molecule has 2 heterocycles. The molecule has 1 atom stereocenters. The first-order chi connectivity index (χ1) is 12.1. The Morgan fingerprint density at radius 3 is 3.00 bits per heavy atom. The molecule has 0 aliphatic carbocycles. The van der Waals surface area contributed by atoms with Crippen LogP contribution in [0.25, 0.3) is 0 Å². The van der Waals surface area contributed by atoms with Crippen LogP contribution in [0, 0.1) is 6.92 Å². The van der Waals surface area contributed by atoms with Gasteiger partial charge in [0.15, 0.2) is 0 Å². The second-order valence-electron chi connectivity index (χ2n) is 6.05. The van der Waals surface area contributed by atoms with Gasteiger partial charge in [-0.1, -0.05) is 0 Å². The van der Waals surface area contributed by atoms with E-state index in [1.54, 1.807) is 4.68 Å². The molecule has 1 aliphatic rings. The largest absolute Gasteiger partial charge is 0.494 e. The Morgan fingerprint density at radius 2 is 2.28 bits per heavy atom. The Hall–Kier alpha value is -2.70. The molecule has 7 nitrogen and oxygen atoms in total. The van der Waals surface area contributed by atoms with Crippen molar-refractivity contribution in [2.24, 2.45) is 7.05 Å². The summed E-state index contributed by atoms with van der Waals surface area (Å²) in [5, 5.41) is 10.2. The molecular weight excluding hydrogens is 320 g/mol. The number of hydrogen-bond acceptors (Lipinski definition) is 4. The second kappa shape index (κ2) is 7.46. The van der Waals surface area contributed by atoms with Gasteiger partial charge in [0, 0.05) is 19.0 Å². The maximum Gasteiger partial charge on any atom is 0.315 e. The van der Waals surface area contributed by atoms with Crippen LogP contribution < -0.4 is 20.1 Å². The minimum atomic E-state index is -0.210. The first kappa shape index (κ1) is 17.1. The van der Waals surface area contributed by atoms with Crippen molar-refractivity contribution < 1.29 is 14.3 Å². The van der Waals surface area contributed by atoms with E-state index in [-0.39, 0.29) is 12.1 Å². The van der Waals surface area contributed by atoms with Gasteiger partial charge in [-0.05, 0) is 38.1 Å². The number of aromatic nitrogens is 2. The van der Waals surface area contributed by atoms with Gasteiger partial charge in [-0.2, -0.15) is 5.10 Å². The van der Waals surface area contributed by atoms with E-state index in [0.717, 1.165) is 34.9 Å². The molecule has 0 spiro atoms. The number of ether oxygens (including phenoxy) is 2. The molecule has 7 heteroatoms. The molecule has 0 fully saturated rings. The highest BCUT2D eigenvalue weighted by Crippen LogP contribution is 2.34. The molecule has 0 saturated carbocycles.